The quantitative estimate of drug-likeness (QED) is 0.697. The van der Waals surface area contributed by atoms with Crippen molar-refractivity contribution >= 4 is 0 Å². The summed E-state index contributed by atoms with van der Waals surface area (Å²) < 4.78 is 16.5. The topological polar surface area (TPSA) is 31.0 Å². The molecule has 0 aromatic heterocycles. The lowest BCUT2D eigenvalue weighted by Gasteiger charge is -2.11. The summed E-state index contributed by atoms with van der Waals surface area (Å²) in [5, 5.41) is 0. The lowest BCUT2D eigenvalue weighted by Crippen LogP contribution is -2.21. The highest BCUT2D eigenvalue weighted by molar-refractivity contribution is 5.13. The number of ether oxygens (including phenoxy) is 3. The maximum absolute atomic E-state index is 5.60. The van der Waals surface area contributed by atoms with Crippen LogP contribution in [-0.2, 0) is 20.8 Å². The van der Waals surface area contributed by atoms with Gasteiger partial charge in [-0.2, -0.15) is 0 Å². The van der Waals surface area contributed by atoms with Gasteiger partial charge in [-0.05, 0) is 5.56 Å². The molecule has 0 unspecified atom stereocenters. The number of fused-ring (bicyclic) bond motifs is 1. The molecule has 3 atom stereocenters. The summed E-state index contributed by atoms with van der Waals surface area (Å²) >= 11 is 0. The van der Waals surface area contributed by atoms with E-state index in [2.05, 4.69) is 12.1 Å². The predicted octanol–water partition coefficient (Wildman–Crippen LogP) is 1.37. The minimum atomic E-state index is 0.152. The lowest BCUT2D eigenvalue weighted by molar-refractivity contribution is -0.0322. The normalized spacial score (nSPS) is 32.7. The van der Waals surface area contributed by atoms with E-state index in [4.69, 9.17) is 14.2 Å². The lowest BCUT2D eigenvalue weighted by atomic mass is 10.2. The van der Waals surface area contributed by atoms with Crippen LogP contribution in [0.4, 0.5) is 0 Å². The molecule has 2 fully saturated rings. The standard InChI is InChI=1S/C12H14O3/c1-2-4-9(5-3-1)6-13-7-10-12-11(15-12)8-14-10/h1-5,10-12H,6-8H2/t10-,11-,12-/m1/s1. The van der Waals surface area contributed by atoms with E-state index in [0.717, 1.165) is 6.61 Å². The number of benzene rings is 1. The van der Waals surface area contributed by atoms with Crippen LogP contribution in [0.1, 0.15) is 5.56 Å². The summed E-state index contributed by atoms with van der Waals surface area (Å²) in [7, 11) is 0. The number of hydrogen-bond acceptors (Lipinski definition) is 3. The first-order valence-corrected chi connectivity index (χ1v) is 5.32. The molecule has 0 amide bonds. The molecule has 0 aliphatic carbocycles. The fourth-order valence-electron chi connectivity index (χ4n) is 1.94. The summed E-state index contributed by atoms with van der Waals surface area (Å²) in [6, 6.07) is 10.2. The Morgan fingerprint density at radius 2 is 2.13 bits per heavy atom. The van der Waals surface area contributed by atoms with E-state index in [1.54, 1.807) is 0 Å². The van der Waals surface area contributed by atoms with Crippen molar-refractivity contribution in [3.05, 3.63) is 35.9 Å². The first-order valence-electron chi connectivity index (χ1n) is 5.32. The second-order valence-electron chi connectivity index (χ2n) is 4.01. The van der Waals surface area contributed by atoms with Gasteiger partial charge in [-0.3, -0.25) is 0 Å². The molecule has 3 rings (SSSR count). The van der Waals surface area contributed by atoms with Gasteiger partial charge < -0.3 is 14.2 Å². The molecule has 1 aromatic rings. The van der Waals surface area contributed by atoms with Gasteiger partial charge in [0.2, 0.25) is 0 Å². The van der Waals surface area contributed by atoms with Crippen molar-refractivity contribution < 1.29 is 14.2 Å². The largest absolute Gasteiger partial charge is 0.374 e. The molecular formula is C12H14O3. The number of epoxide rings is 1. The van der Waals surface area contributed by atoms with Gasteiger partial charge in [0, 0.05) is 0 Å². The number of hydrogen-bond donors (Lipinski definition) is 0. The molecule has 2 saturated heterocycles. The minimum Gasteiger partial charge on any atom is -0.374 e. The fraction of sp³-hybridized carbons (Fsp3) is 0.500. The van der Waals surface area contributed by atoms with Crippen molar-refractivity contribution in [3.8, 4) is 0 Å². The van der Waals surface area contributed by atoms with Gasteiger partial charge in [0.15, 0.2) is 0 Å². The monoisotopic (exact) mass is 206 g/mol. The van der Waals surface area contributed by atoms with Crippen molar-refractivity contribution in [1.29, 1.82) is 0 Å². The summed E-state index contributed by atoms with van der Waals surface area (Å²) in [5.74, 6) is 0. The zero-order chi connectivity index (χ0) is 10.1. The first kappa shape index (κ1) is 9.33. The summed E-state index contributed by atoms with van der Waals surface area (Å²) in [6.45, 7) is 2.03. The van der Waals surface area contributed by atoms with E-state index in [1.807, 2.05) is 18.2 Å². The van der Waals surface area contributed by atoms with E-state index in [0.29, 0.717) is 25.4 Å². The van der Waals surface area contributed by atoms with Gasteiger partial charge in [0.05, 0.1) is 19.8 Å². The van der Waals surface area contributed by atoms with E-state index in [-0.39, 0.29) is 6.10 Å². The fourth-order valence-corrected chi connectivity index (χ4v) is 1.94. The summed E-state index contributed by atoms with van der Waals surface area (Å²) in [6.07, 6.45) is 0.815. The maximum atomic E-state index is 5.60. The Labute approximate surface area is 89.0 Å². The molecule has 0 saturated carbocycles. The SMILES string of the molecule is c1ccc(COC[C@H]2OC[C@H]3O[C@H]23)cc1. The zero-order valence-corrected chi connectivity index (χ0v) is 8.46. The molecule has 0 radical (unpaired) electrons. The van der Waals surface area contributed by atoms with Crippen LogP contribution in [0.3, 0.4) is 0 Å². The van der Waals surface area contributed by atoms with Gasteiger partial charge in [-0.15, -0.1) is 0 Å². The van der Waals surface area contributed by atoms with E-state index >= 15 is 0 Å². The van der Waals surface area contributed by atoms with E-state index in [1.165, 1.54) is 5.56 Å². The molecule has 1 aromatic carbocycles. The van der Waals surface area contributed by atoms with Crippen molar-refractivity contribution in [2.45, 2.75) is 24.9 Å². The Bertz CT molecular complexity index is 325. The molecule has 3 heteroatoms. The molecule has 0 bridgehead atoms. The van der Waals surface area contributed by atoms with Crippen molar-refractivity contribution in [1.82, 2.24) is 0 Å². The second kappa shape index (κ2) is 3.93. The highest BCUT2D eigenvalue weighted by Gasteiger charge is 2.51. The molecular weight excluding hydrogens is 192 g/mol. The summed E-state index contributed by atoms with van der Waals surface area (Å²) in [4.78, 5) is 0. The van der Waals surface area contributed by atoms with Crippen LogP contribution in [0.15, 0.2) is 30.3 Å². The van der Waals surface area contributed by atoms with Gasteiger partial charge in [0.1, 0.15) is 18.3 Å². The molecule has 3 nitrogen and oxygen atoms in total. The van der Waals surface area contributed by atoms with Crippen molar-refractivity contribution in [3.63, 3.8) is 0 Å². The van der Waals surface area contributed by atoms with Crippen LogP contribution in [0.2, 0.25) is 0 Å². The zero-order valence-electron chi connectivity index (χ0n) is 8.46. The third-order valence-corrected chi connectivity index (χ3v) is 2.86. The van der Waals surface area contributed by atoms with Gasteiger partial charge in [-0.1, -0.05) is 30.3 Å². The van der Waals surface area contributed by atoms with E-state index < -0.39 is 0 Å². The van der Waals surface area contributed by atoms with Crippen molar-refractivity contribution in [2.24, 2.45) is 0 Å². The number of rotatable bonds is 4. The second-order valence-corrected chi connectivity index (χ2v) is 4.01. The molecule has 2 aliphatic rings. The Hall–Kier alpha value is -0.900. The maximum Gasteiger partial charge on any atom is 0.115 e. The molecule has 2 aliphatic heterocycles. The van der Waals surface area contributed by atoms with Crippen LogP contribution in [-0.4, -0.2) is 31.5 Å². The van der Waals surface area contributed by atoms with Crippen LogP contribution in [0.25, 0.3) is 0 Å². The van der Waals surface area contributed by atoms with Crippen LogP contribution >= 0.6 is 0 Å². The minimum absolute atomic E-state index is 0.152. The highest BCUT2D eigenvalue weighted by atomic mass is 16.7. The van der Waals surface area contributed by atoms with Gasteiger partial charge >= 0.3 is 0 Å². The summed E-state index contributed by atoms with van der Waals surface area (Å²) in [5.41, 5.74) is 1.20. The first-order chi connectivity index (χ1) is 7.43. The van der Waals surface area contributed by atoms with Crippen LogP contribution < -0.4 is 0 Å². The molecule has 2 heterocycles. The Kier molecular flexibility index (Phi) is 2.44. The van der Waals surface area contributed by atoms with E-state index in [9.17, 15) is 0 Å². The third-order valence-electron chi connectivity index (χ3n) is 2.86. The molecule has 15 heavy (non-hydrogen) atoms. The Morgan fingerprint density at radius 3 is 2.80 bits per heavy atom. The molecule has 80 valence electrons. The average molecular weight is 206 g/mol. The average Bonchev–Trinajstić information content (AvgIpc) is 2.96. The van der Waals surface area contributed by atoms with Gasteiger partial charge in [0.25, 0.3) is 0 Å². The molecule has 0 N–H and O–H groups in total. The predicted molar refractivity (Wildman–Crippen MR) is 54.5 cm³/mol. The Morgan fingerprint density at radius 1 is 1.27 bits per heavy atom. The van der Waals surface area contributed by atoms with Crippen molar-refractivity contribution in [2.75, 3.05) is 13.2 Å². The molecule has 0 spiro atoms. The smallest absolute Gasteiger partial charge is 0.115 e. The highest BCUT2D eigenvalue weighted by Crippen LogP contribution is 2.34. The van der Waals surface area contributed by atoms with Gasteiger partial charge in [-0.25, -0.2) is 0 Å². The van der Waals surface area contributed by atoms with Crippen LogP contribution in [0.5, 0.6) is 0 Å². The third kappa shape index (κ3) is 2.04. The Balaban J connectivity index is 1.43. The van der Waals surface area contributed by atoms with Crippen LogP contribution in [0, 0.1) is 0 Å².